The Kier molecular flexibility index (Phi) is 12.9. The monoisotopic (exact) mass is 904 g/mol. The van der Waals surface area contributed by atoms with E-state index in [1.54, 1.807) is 0 Å². The number of carbonyl (C=O) groups is 2. The normalized spacial score (nSPS) is 15.6. The Morgan fingerprint density at radius 3 is 1.20 bits per heavy atom. The van der Waals surface area contributed by atoms with Gasteiger partial charge in [0.1, 0.15) is 31.1 Å². The number of methoxy groups -OCH3 is 2. The lowest BCUT2D eigenvalue weighted by Gasteiger charge is -2.18. The van der Waals surface area contributed by atoms with Gasteiger partial charge in [-0.15, -0.1) is 0 Å². The molecule has 0 spiro atoms. The zero-order valence-electron chi connectivity index (χ0n) is 32.1. The molecule has 6 rings (SSSR count). The minimum Gasteiger partial charge on any atom is -0.495 e. The highest BCUT2D eigenvalue weighted by Crippen LogP contribution is 2.33. The van der Waals surface area contributed by atoms with Crippen molar-refractivity contribution in [3.63, 3.8) is 0 Å². The fraction of sp³-hybridized carbons (Fsp3) is 0.263. The maximum Gasteiger partial charge on any atom is 0.295 e. The van der Waals surface area contributed by atoms with Crippen LogP contribution < -0.4 is 20.1 Å². The van der Waals surface area contributed by atoms with Crippen LogP contribution in [0.1, 0.15) is 57.5 Å². The van der Waals surface area contributed by atoms with Crippen LogP contribution in [0.5, 0.6) is 11.5 Å². The number of sulfonamides is 2. The molecule has 0 radical (unpaired) electrons. The van der Waals surface area contributed by atoms with Crippen LogP contribution in [0, 0.1) is 0 Å². The fourth-order valence-corrected chi connectivity index (χ4v) is 11.5. The van der Waals surface area contributed by atoms with Gasteiger partial charge in [0, 0.05) is 48.7 Å². The summed E-state index contributed by atoms with van der Waals surface area (Å²) >= 11 is 0. The standard InChI is InChI=1S/C38H40N4O14S4/c1-55-31-15-11-27(21-35(31)57(45,46)41-17-3-4-18-41)37(43)39-29-13-9-25(33(23-29)59(49,50)51)7-8-26-10-14-30(24-34(26)60(52,53)54)40-38(44)28-12-16-32(56-2)36(22-28)58(47,48)42-19-5-6-20-42/h7-16,21-24H,3-6,17-20H2,1-2H3,(H,39,43)(H,40,44)(H,49,50,51)(H,52,53,54). The molecule has 0 aromatic heterocycles. The van der Waals surface area contributed by atoms with Gasteiger partial charge in [0.15, 0.2) is 0 Å². The van der Waals surface area contributed by atoms with Crippen LogP contribution in [0.4, 0.5) is 11.4 Å². The Hall–Kier alpha value is -5.20. The number of amides is 2. The summed E-state index contributed by atoms with van der Waals surface area (Å²) in [5.41, 5.74) is -0.750. The van der Waals surface area contributed by atoms with Gasteiger partial charge in [-0.1, -0.05) is 24.3 Å². The average Bonchev–Trinajstić information content (AvgIpc) is 3.96. The zero-order chi connectivity index (χ0) is 43.6. The van der Waals surface area contributed by atoms with Gasteiger partial charge in [-0.2, -0.15) is 25.4 Å². The summed E-state index contributed by atoms with van der Waals surface area (Å²) in [6.45, 7) is 1.24. The van der Waals surface area contributed by atoms with Crippen molar-refractivity contribution >= 4 is 75.6 Å². The second-order valence-corrected chi connectivity index (χ2v) is 20.2. The minimum atomic E-state index is -4.98. The van der Waals surface area contributed by atoms with E-state index in [4.69, 9.17) is 9.47 Å². The summed E-state index contributed by atoms with van der Waals surface area (Å²) in [6.07, 6.45) is 4.97. The molecule has 2 aliphatic heterocycles. The molecule has 0 bridgehead atoms. The molecule has 320 valence electrons. The van der Waals surface area contributed by atoms with E-state index < -0.39 is 61.9 Å². The lowest BCUT2D eigenvalue weighted by Crippen LogP contribution is -2.28. The second-order valence-electron chi connectivity index (χ2n) is 13.7. The molecule has 2 fully saturated rings. The van der Waals surface area contributed by atoms with Crippen LogP contribution >= 0.6 is 0 Å². The Labute approximate surface area is 347 Å². The van der Waals surface area contributed by atoms with Crippen LogP contribution in [0.2, 0.25) is 0 Å². The summed E-state index contributed by atoms with van der Waals surface area (Å²) in [7, 11) is -15.4. The number of anilines is 2. The Morgan fingerprint density at radius 1 is 0.533 bits per heavy atom. The summed E-state index contributed by atoms with van der Waals surface area (Å²) in [5.74, 6) is -1.58. The van der Waals surface area contributed by atoms with E-state index in [2.05, 4.69) is 10.6 Å². The quantitative estimate of drug-likeness (QED) is 0.101. The molecule has 4 aromatic carbocycles. The van der Waals surface area contributed by atoms with Gasteiger partial charge in [0.25, 0.3) is 32.1 Å². The summed E-state index contributed by atoms with van der Waals surface area (Å²) in [4.78, 5) is 24.7. The van der Waals surface area contributed by atoms with E-state index in [1.807, 2.05) is 0 Å². The van der Waals surface area contributed by atoms with Crippen molar-refractivity contribution in [2.45, 2.75) is 45.3 Å². The number of benzene rings is 4. The first-order chi connectivity index (χ1) is 28.2. The van der Waals surface area contributed by atoms with Crippen LogP contribution in [0.3, 0.4) is 0 Å². The molecule has 0 saturated carbocycles. The SMILES string of the molecule is COc1ccc(C(=O)Nc2ccc(C=Cc3ccc(NC(=O)c4ccc(OC)c(S(=O)(=O)N5CCCC5)c4)cc3S(=O)(=O)O)c(S(=O)(=O)O)c2)cc1S(=O)(=O)N1CCCC1. The number of hydrogen-bond donors (Lipinski definition) is 4. The molecular weight excluding hydrogens is 865 g/mol. The van der Waals surface area contributed by atoms with Crippen molar-refractivity contribution in [2.24, 2.45) is 0 Å². The van der Waals surface area contributed by atoms with Gasteiger partial charge in [-0.3, -0.25) is 18.7 Å². The lowest BCUT2D eigenvalue weighted by atomic mass is 10.1. The van der Waals surface area contributed by atoms with E-state index in [9.17, 15) is 52.4 Å². The number of nitrogens with one attached hydrogen (secondary N) is 2. The van der Waals surface area contributed by atoms with Crippen LogP contribution in [-0.4, -0.2) is 104 Å². The topological polar surface area (TPSA) is 260 Å². The molecule has 2 aliphatic rings. The lowest BCUT2D eigenvalue weighted by molar-refractivity contribution is 0.101. The predicted octanol–water partition coefficient (Wildman–Crippen LogP) is 4.44. The smallest absolute Gasteiger partial charge is 0.295 e. The van der Waals surface area contributed by atoms with E-state index in [-0.39, 0.29) is 54.9 Å². The van der Waals surface area contributed by atoms with Gasteiger partial charge >= 0.3 is 0 Å². The third kappa shape index (κ3) is 9.55. The van der Waals surface area contributed by atoms with Crippen molar-refractivity contribution < 1.29 is 61.8 Å². The van der Waals surface area contributed by atoms with Gasteiger partial charge in [0.2, 0.25) is 20.0 Å². The molecule has 22 heteroatoms. The Morgan fingerprint density at radius 2 is 0.883 bits per heavy atom. The highest BCUT2D eigenvalue weighted by atomic mass is 32.2. The molecule has 0 aliphatic carbocycles. The predicted molar refractivity (Wildman–Crippen MR) is 219 cm³/mol. The first-order valence-electron chi connectivity index (χ1n) is 18.1. The minimum absolute atomic E-state index is 0.0228. The van der Waals surface area contributed by atoms with Gasteiger partial charge in [-0.25, -0.2) is 16.8 Å². The average molecular weight is 905 g/mol. The van der Waals surface area contributed by atoms with Crippen LogP contribution in [-0.2, 0) is 40.3 Å². The van der Waals surface area contributed by atoms with E-state index in [1.165, 1.54) is 71.4 Å². The summed E-state index contributed by atoms with van der Waals surface area (Å²) in [5, 5.41) is 4.95. The fourth-order valence-electron chi connectivity index (χ4n) is 6.71. The van der Waals surface area contributed by atoms with Crippen molar-refractivity contribution in [1.29, 1.82) is 0 Å². The van der Waals surface area contributed by atoms with Crippen molar-refractivity contribution in [2.75, 3.05) is 51.0 Å². The van der Waals surface area contributed by atoms with Gasteiger partial charge in [-0.05, 0) is 97.5 Å². The van der Waals surface area contributed by atoms with E-state index >= 15 is 0 Å². The molecule has 4 aromatic rings. The number of rotatable bonds is 14. The third-order valence-corrected chi connectivity index (χ3v) is 15.4. The van der Waals surface area contributed by atoms with Gasteiger partial charge in [0.05, 0.1) is 14.2 Å². The molecule has 2 amide bonds. The molecule has 2 heterocycles. The molecule has 0 atom stereocenters. The van der Waals surface area contributed by atoms with Crippen molar-refractivity contribution in [3.05, 3.63) is 95.1 Å². The Bertz CT molecular complexity index is 2640. The third-order valence-electron chi connectivity index (χ3n) is 9.76. The molecular formula is C38H40N4O14S4. The second kappa shape index (κ2) is 17.4. The van der Waals surface area contributed by atoms with Crippen LogP contribution in [0.25, 0.3) is 12.2 Å². The van der Waals surface area contributed by atoms with Crippen molar-refractivity contribution in [1.82, 2.24) is 8.61 Å². The highest BCUT2D eigenvalue weighted by molar-refractivity contribution is 7.89. The molecule has 0 unspecified atom stereocenters. The van der Waals surface area contributed by atoms with Crippen molar-refractivity contribution in [3.8, 4) is 11.5 Å². The van der Waals surface area contributed by atoms with Crippen LogP contribution in [0.15, 0.2) is 92.4 Å². The maximum absolute atomic E-state index is 13.3. The number of carbonyl (C=O) groups excluding carboxylic acids is 2. The first-order valence-corrected chi connectivity index (χ1v) is 23.9. The Balaban J connectivity index is 1.24. The summed E-state index contributed by atoms with van der Waals surface area (Å²) in [6, 6.07) is 14.4. The zero-order valence-corrected chi connectivity index (χ0v) is 35.3. The highest BCUT2D eigenvalue weighted by Gasteiger charge is 2.32. The van der Waals surface area contributed by atoms with E-state index in [0.717, 1.165) is 36.4 Å². The first kappa shape index (κ1) is 44.4. The van der Waals surface area contributed by atoms with Gasteiger partial charge < -0.3 is 20.1 Å². The summed E-state index contributed by atoms with van der Waals surface area (Å²) < 4.78 is 136. The number of hydrogen-bond acceptors (Lipinski definition) is 12. The maximum atomic E-state index is 13.3. The molecule has 4 N–H and O–H groups in total. The molecule has 2 saturated heterocycles. The number of ether oxygens (including phenoxy) is 2. The van der Waals surface area contributed by atoms with E-state index in [0.29, 0.717) is 51.9 Å². The number of nitrogens with zero attached hydrogens (tertiary/aromatic N) is 2. The largest absolute Gasteiger partial charge is 0.495 e. The molecule has 60 heavy (non-hydrogen) atoms. The molecule has 18 nitrogen and oxygen atoms in total.